The number of aromatic amines is 1. The highest BCUT2D eigenvalue weighted by atomic mass is 16.4. The number of carboxylic acid groups (broad SMARTS) is 2. The fourth-order valence-corrected chi connectivity index (χ4v) is 3.49. The van der Waals surface area contributed by atoms with Crippen molar-refractivity contribution in [3.05, 3.63) is 47.2 Å². The zero-order valence-corrected chi connectivity index (χ0v) is 17.3. The monoisotopic (exact) mass is 451 g/mol. The van der Waals surface area contributed by atoms with Gasteiger partial charge in [-0.1, -0.05) is 12.1 Å². The number of hydrogen-bond acceptors (Lipinski definition) is 7. The highest BCUT2D eigenvalue weighted by Gasteiger charge is 2.23. The summed E-state index contributed by atoms with van der Waals surface area (Å²) in [5.74, 6) is -1.26. The van der Waals surface area contributed by atoms with Crippen molar-refractivity contribution in [3.8, 4) is 18.2 Å². The Kier molecular flexibility index (Phi) is 6.78. The zero-order valence-electron chi connectivity index (χ0n) is 17.3. The van der Waals surface area contributed by atoms with Crippen LogP contribution in [-0.2, 0) is 9.59 Å². The topological polar surface area (TPSA) is 192 Å². The van der Waals surface area contributed by atoms with Gasteiger partial charge in [0, 0.05) is 30.5 Å². The summed E-state index contributed by atoms with van der Waals surface area (Å²) in [6, 6.07) is 5.01. The van der Waals surface area contributed by atoms with Crippen LogP contribution in [-0.4, -0.2) is 54.2 Å². The number of nitrogen functional groups attached to an aromatic ring is 1. The van der Waals surface area contributed by atoms with Crippen LogP contribution in [0.25, 0.3) is 11.0 Å². The molecule has 7 N–H and O–H groups in total. The van der Waals surface area contributed by atoms with Crippen molar-refractivity contribution in [1.29, 1.82) is 0 Å². The van der Waals surface area contributed by atoms with Crippen molar-refractivity contribution < 1.29 is 29.7 Å². The number of nitrogens with two attached hydrogens (primary N) is 1. The number of nitrogens with zero attached hydrogens (tertiary/aromatic N) is 2. The van der Waals surface area contributed by atoms with Gasteiger partial charge in [0.1, 0.15) is 11.7 Å². The molecule has 0 saturated carbocycles. The Labute approximate surface area is 187 Å². The third kappa shape index (κ3) is 5.19. The number of nitrogens with one attached hydrogen (secondary N) is 2. The van der Waals surface area contributed by atoms with E-state index in [1.165, 1.54) is 12.1 Å². The average Bonchev–Trinajstić information content (AvgIpc) is 3.18. The lowest BCUT2D eigenvalue weighted by Gasteiger charge is -2.16. The Morgan fingerprint density at radius 3 is 2.48 bits per heavy atom. The molecular weight excluding hydrogens is 430 g/mol. The summed E-state index contributed by atoms with van der Waals surface area (Å²) < 4.78 is 0. The Morgan fingerprint density at radius 1 is 1.18 bits per heavy atom. The van der Waals surface area contributed by atoms with Crippen LogP contribution in [0.4, 0.5) is 5.95 Å². The number of aromatic nitrogens is 3. The van der Waals surface area contributed by atoms with Gasteiger partial charge in [-0.2, -0.15) is 9.97 Å². The number of carbonyl (C=O) groups is 3. The largest absolute Gasteiger partial charge is 0.493 e. The first-order valence-electron chi connectivity index (χ1n) is 9.83. The van der Waals surface area contributed by atoms with Gasteiger partial charge in [0.25, 0.3) is 5.91 Å². The molecule has 1 aromatic carbocycles. The van der Waals surface area contributed by atoms with E-state index in [-0.39, 0.29) is 36.2 Å². The van der Waals surface area contributed by atoms with E-state index in [4.69, 9.17) is 17.3 Å². The molecule has 0 aliphatic heterocycles. The van der Waals surface area contributed by atoms with Gasteiger partial charge in [-0.05, 0) is 29.7 Å². The van der Waals surface area contributed by atoms with Gasteiger partial charge in [-0.15, -0.1) is 12.3 Å². The number of aliphatic carboxylic acids is 2. The Morgan fingerprint density at radius 2 is 1.88 bits per heavy atom. The smallest absolute Gasteiger partial charge is 0.326 e. The highest BCUT2D eigenvalue weighted by molar-refractivity contribution is 5.96. The van der Waals surface area contributed by atoms with Crippen LogP contribution in [0.5, 0.6) is 5.88 Å². The number of amides is 1. The molecule has 0 spiro atoms. The van der Waals surface area contributed by atoms with Crippen LogP contribution in [0.3, 0.4) is 0 Å². The van der Waals surface area contributed by atoms with Gasteiger partial charge in [-0.25, -0.2) is 4.79 Å². The van der Waals surface area contributed by atoms with Crippen molar-refractivity contribution in [2.24, 2.45) is 0 Å². The summed E-state index contributed by atoms with van der Waals surface area (Å²) in [5, 5.41) is 30.9. The second-order valence-corrected chi connectivity index (χ2v) is 7.25. The molecule has 0 bridgehead atoms. The average molecular weight is 451 g/mol. The third-order valence-corrected chi connectivity index (χ3v) is 5.08. The molecule has 2 heterocycles. The van der Waals surface area contributed by atoms with Gasteiger partial charge in [0.15, 0.2) is 0 Å². The van der Waals surface area contributed by atoms with E-state index in [1.807, 2.05) is 0 Å². The van der Waals surface area contributed by atoms with Crippen molar-refractivity contribution in [2.45, 2.75) is 31.2 Å². The molecule has 2 atom stereocenters. The number of carboxylic acids is 2. The maximum absolute atomic E-state index is 12.5. The van der Waals surface area contributed by atoms with Gasteiger partial charge in [0.2, 0.25) is 11.8 Å². The molecule has 0 saturated heterocycles. The number of hydrogen-bond donors (Lipinski definition) is 6. The van der Waals surface area contributed by atoms with Gasteiger partial charge < -0.3 is 31.4 Å². The minimum Gasteiger partial charge on any atom is -0.493 e. The van der Waals surface area contributed by atoms with Crippen LogP contribution >= 0.6 is 0 Å². The van der Waals surface area contributed by atoms with E-state index in [9.17, 15) is 24.6 Å². The number of H-pyrrole nitrogens is 1. The van der Waals surface area contributed by atoms with Crippen molar-refractivity contribution in [1.82, 2.24) is 20.3 Å². The fourth-order valence-electron chi connectivity index (χ4n) is 3.49. The molecule has 1 amide bonds. The first-order valence-corrected chi connectivity index (χ1v) is 9.83. The zero-order chi connectivity index (χ0) is 24.1. The molecule has 33 heavy (non-hydrogen) atoms. The summed E-state index contributed by atoms with van der Waals surface area (Å²) >= 11 is 0. The summed E-state index contributed by atoms with van der Waals surface area (Å²) in [6.07, 6.45) is 6.85. The molecule has 1 unspecified atom stereocenters. The van der Waals surface area contributed by atoms with Crippen LogP contribution in [0.15, 0.2) is 30.5 Å². The van der Waals surface area contributed by atoms with Crippen LogP contribution in [0.2, 0.25) is 0 Å². The number of fused-ring (bicyclic) bond motifs is 1. The van der Waals surface area contributed by atoms with E-state index in [0.29, 0.717) is 16.6 Å². The first-order chi connectivity index (χ1) is 15.7. The second-order valence-electron chi connectivity index (χ2n) is 7.25. The van der Waals surface area contributed by atoms with Crippen LogP contribution in [0.1, 0.15) is 46.7 Å². The lowest BCUT2D eigenvalue weighted by Crippen LogP contribution is -2.41. The van der Waals surface area contributed by atoms with Crippen LogP contribution < -0.4 is 11.1 Å². The molecular formula is C22H21N5O6. The summed E-state index contributed by atoms with van der Waals surface area (Å²) in [6.45, 7) is 0. The lowest BCUT2D eigenvalue weighted by molar-refractivity contribution is -0.140. The number of anilines is 1. The minimum atomic E-state index is -1.33. The number of benzene rings is 1. The normalized spacial score (nSPS) is 12.6. The van der Waals surface area contributed by atoms with Gasteiger partial charge in [-0.3, -0.25) is 9.59 Å². The van der Waals surface area contributed by atoms with E-state index < -0.39 is 30.3 Å². The second kappa shape index (κ2) is 9.69. The number of carbonyl (C=O) groups excluding carboxylic acids is 1. The lowest BCUT2D eigenvalue weighted by atomic mass is 9.88. The standard InChI is InChI=1S/C22H21N5O6/c1-2-3-13(14-10-24-18-17(14)20(31)27-22(23)26-18)11-4-6-12(7-5-11)19(30)25-15(21(32)33)8-9-16(28)29/h1,4-7,10,13,15H,3,8-9H2,(H,25,30)(H,28,29)(H,32,33)(H4,23,24,26,27,31)/t13?,15-/m0/s1. The molecule has 0 aliphatic rings. The minimum absolute atomic E-state index is 0.0831. The van der Waals surface area contributed by atoms with Crippen molar-refractivity contribution >= 4 is 34.8 Å². The number of aromatic hydroxyl groups is 1. The molecule has 170 valence electrons. The molecule has 11 nitrogen and oxygen atoms in total. The molecule has 2 aromatic heterocycles. The Balaban J connectivity index is 1.85. The van der Waals surface area contributed by atoms with E-state index in [2.05, 4.69) is 26.2 Å². The quantitative estimate of drug-likeness (QED) is 0.261. The summed E-state index contributed by atoms with van der Waals surface area (Å²) in [4.78, 5) is 45.3. The maximum atomic E-state index is 12.5. The Bertz CT molecular complexity index is 1240. The third-order valence-electron chi connectivity index (χ3n) is 5.08. The van der Waals surface area contributed by atoms with Crippen molar-refractivity contribution in [3.63, 3.8) is 0 Å². The SMILES string of the molecule is C#CCC(c1ccc(C(=O)N[C@@H](CCC(=O)O)C(=O)O)cc1)c1c[nH]c2nc(N)nc(O)c12. The molecule has 0 radical (unpaired) electrons. The van der Waals surface area contributed by atoms with E-state index >= 15 is 0 Å². The maximum Gasteiger partial charge on any atom is 0.326 e. The van der Waals surface area contributed by atoms with Crippen molar-refractivity contribution in [2.75, 3.05) is 5.73 Å². The first kappa shape index (κ1) is 23.1. The number of rotatable bonds is 9. The molecule has 0 fully saturated rings. The molecule has 0 aliphatic carbocycles. The predicted octanol–water partition coefficient (Wildman–Crippen LogP) is 1.45. The Hall–Kier alpha value is -4.59. The van der Waals surface area contributed by atoms with E-state index in [0.717, 1.165) is 5.56 Å². The van der Waals surface area contributed by atoms with Crippen LogP contribution in [0, 0.1) is 12.3 Å². The van der Waals surface area contributed by atoms with Gasteiger partial charge >= 0.3 is 11.9 Å². The molecule has 3 aromatic rings. The predicted molar refractivity (Wildman–Crippen MR) is 117 cm³/mol. The van der Waals surface area contributed by atoms with Gasteiger partial charge in [0.05, 0.1) is 5.39 Å². The summed E-state index contributed by atoms with van der Waals surface area (Å²) in [5.41, 5.74) is 7.51. The molecule has 3 rings (SSSR count). The van der Waals surface area contributed by atoms with E-state index in [1.54, 1.807) is 18.3 Å². The molecule has 11 heteroatoms. The highest BCUT2D eigenvalue weighted by Crippen LogP contribution is 2.36. The fraction of sp³-hybridized carbons (Fsp3) is 0.227. The number of terminal acetylenes is 1. The summed E-state index contributed by atoms with van der Waals surface area (Å²) in [7, 11) is 0.